The molecule has 0 amide bonds. The molecule has 102 valence electrons. The average Bonchev–Trinajstić information content (AvgIpc) is 2.39. The van der Waals surface area contributed by atoms with Crippen molar-refractivity contribution in [3.05, 3.63) is 18.0 Å². The molecule has 1 N–H and O–H groups in total. The van der Waals surface area contributed by atoms with Gasteiger partial charge in [-0.05, 0) is 12.8 Å². The number of nitrogens with zero attached hydrogens (tertiary/aromatic N) is 4. The minimum atomic E-state index is -3.09. The number of anilines is 1. The zero-order valence-corrected chi connectivity index (χ0v) is 11.4. The second-order valence-electron chi connectivity index (χ2n) is 4.49. The third kappa shape index (κ3) is 3.62. The first-order chi connectivity index (χ1) is 8.99. The summed E-state index contributed by atoms with van der Waals surface area (Å²) in [5.74, 6) is 0.469. The maximum Gasteiger partial charge on any atom is 0.222 e. The van der Waals surface area contributed by atoms with E-state index in [2.05, 4.69) is 15.3 Å². The van der Waals surface area contributed by atoms with Crippen LogP contribution in [0, 0.1) is 11.3 Å². The molecule has 0 bridgehead atoms. The van der Waals surface area contributed by atoms with Crippen LogP contribution >= 0.6 is 0 Å². The highest BCUT2D eigenvalue weighted by molar-refractivity contribution is 7.88. The lowest BCUT2D eigenvalue weighted by Crippen LogP contribution is -2.42. The number of nitrogens with one attached hydrogen (secondary N) is 1. The first-order valence-corrected chi connectivity index (χ1v) is 7.77. The van der Waals surface area contributed by atoms with E-state index in [1.807, 2.05) is 6.07 Å². The van der Waals surface area contributed by atoms with Crippen LogP contribution in [0.3, 0.4) is 0 Å². The van der Waals surface area contributed by atoms with E-state index in [-0.39, 0.29) is 6.04 Å². The van der Waals surface area contributed by atoms with Crippen LogP contribution in [0.5, 0.6) is 0 Å². The molecule has 19 heavy (non-hydrogen) atoms. The van der Waals surface area contributed by atoms with E-state index in [4.69, 9.17) is 5.26 Å². The lowest BCUT2D eigenvalue weighted by atomic mass is 10.1. The van der Waals surface area contributed by atoms with Crippen LogP contribution in [0.1, 0.15) is 18.4 Å². The molecule has 1 aromatic rings. The second kappa shape index (κ2) is 5.50. The smallest absolute Gasteiger partial charge is 0.222 e. The van der Waals surface area contributed by atoms with Gasteiger partial charge in [0.25, 0.3) is 0 Å². The number of hydrogen-bond acceptors (Lipinski definition) is 6. The Morgan fingerprint density at radius 2 is 1.95 bits per heavy atom. The van der Waals surface area contributed by atoms with Gasteiger partial charge in [0.15, 0.2) is 0 Å². The summed E-state index contributed by atoms with van der Waals surface area (Å²) in [6, 6.07) is 2.11. The second-order valence-corrected chi connectivity index (χ2v) is 6.47. The molecule has 0 aliphatic carbocycles. The molecule has 8 heteroatoms. The molecule has 2 heterocycles. The fourth-order valence-corrected chi connectivity index (χ4v) is 2.85. The topological polar surface area (TPSA) is 99.0 Å². The standard InChI is InChI=1S/C11H15N5O2S/c1-19(17,18)16-4-2-10(3-5-16)15-11-13-7-9(6-12)8-14-11/h7-8,10H,2-5H2,1H3,(H,13,14,15). The third-order valence-electron chi connectivity index (χ3n) is 3.04. The number of hydrogen-bond donors (Lipinski definition) is 1. The molecule has 1 aliphatic heterocycles. The monoisotopic (exact) mass is 281 g/mol. The van der Waals surface area contributed by atoms with Gasteiger partial charge in [-0.15, -0.1) is 0 Å². The summed E-state index contributed by atoms with van der Waals surface area (Å²) in [7, 11) is -3.09. The van der Waals surface area contributed by atoms with Gasteiger partial charge in [0.2, 0.25) is 16.0 Å². The normalized spacial score (nSPS) is 17.9. The average molecular weight is 281 g/mol. The maximum absolute atomic E-state index is 11.4. The molecule has 1 aromatic heterocycles. The predicted molar refractivity (Wildman–Crippen MR) is 69.8 cm³/mol. The van der Waals surface area contributed by atoms with Gasteiger partial charge in [0, 0.05) is 19.1 Å². The molecule has 2 rings (SSSR count). The Morgan fingerprint density at radius 3 is 2.42 bits per heavy atom. The van der Waals surface area contributed by atoms with Crippen molar-refractivity contribution < 1.29 is 8.42 Å². The lowest BCUT2D eigenvalue weighted by Gasteiger charge is -2.30. The zero-order valence-electron chi connectivity index (χ0n) is 10.6. The van der Waals surface area contributed by atoms with Crippen LogP contribution in [0.4, 0.5) is 5.95 Å². The Bertz CT molecular complexity index is 570. The molecule has 0 aromatic carbocycles. The van der Waals surface area contributed by atoms with Gasteiger partial charge in [-0.25, -0.2) is 22.7 Å². The van der Waals surface area contributed by atoms with Crippen molar-refractivity contribution in [2.75, 3.05) is 24.7 Å². The van der Waals surface area contributed by atoms with Gasteiger partial charge in [-0.2, -0.15) is 5.26 Å². The molecule has 1 aliphatic rings. The van der Waals surface area contributed by atoms with Crippen molar-refractivity contribution in [2.45, 2.75) is 18.9 Å². The highest BCUT2D eigenvalue weighted by Crippen LogP contribution is 2.16. The number of aromatic nitrogens is 2. The SMILES string of the molecule is CS(=O)(=O)N1CCC(Nc2ncc(C#N)cn2)CC1. The third-order valence-corrected chi connectivity index (χ3v) is 4.34. The lowest BCUT2D eigenvalue weighted by molar-refractivity contribution is 0.331. The Hall–Kier alpha value is -1.72. The minimum Gasteiger partial charge on any atom is -0.351 e. The highest BCUT2D eigenvalue weighted by atomic mass is 32.2. The maximum atomic E-state index is 11.4. The first kappa shape index (κ1) is 13.7. The van der Waals surface area contributed by atoms with E-state index in [1.165, 1.54) is 23.0 Å². The minimum absolute atomic E-state index is 0.158. The number of sulfonamides is 1. The van der Waals surface area contributed by atoms with Crippen LogP contribution in [-0.2, 0) is 10.0 Å². The Kier molecular flexibility index (Phi) is 3.97. The first-order valence-electron chi connectivity index (χ1n) is 5.93. The fourth-order valence-electron chi connectivity index (χ4n) is 1.97. The number of rotatable bonds is 3. The van der Waals surface area contributed by atoms with E-state index < -0.39 is 10.0 Å². The van der Waals surface area contributed by atoms with E-state index >= 15 is 0 Å². The van der Waals surface area contributed by atoms with Crippen molar-refractivity contribution in [3.8, 4) is 6.07 Å². The van der Waals surface area contributed by atoms with Crippen molar-refractivity contribution in [3.63, 3.8) is 0 Å². The Balaban J connectivity index is 1.90. The largest absolute Gasteiger partial charge is 0.351 e. The van der Waals surface area contributed by atoms with Crippen LogP contribution in [0.25, 0.3) is 0 Å². The molecular formula is C11H15N5O2S. The fraction of sp³-hybridized carbons (Fsp3) is 0.545. The van der Waals surface area contributed by atoms with Gasteiger partial charge < -0.3 is 5.32 Å². The summed E-state index contributed by atoms with van der Waals surface area (Å²) in [6.45, 7) is 1.01. The summed E-state index contributed by atoms with van der Waals surface area (Å²) >= 11 is 0. The summed E-state index contributed by atoms with van der Waals surface area (Å²) in [5.41, 5.74) is 0.414. The van der Waals surface area contributed by atoms with Crippen LogP contribution in [0.15, 0.2) is 12.4 Å². The van der Waals surface area contributed by atoms with E-state index in [0.717, 1.165) is 12.8 Å². The highest BCUT2D eigenvalue weighted by Gasteiger charge is 2.25. The van der Waals surface area contributed by atoms with Crippen molar-refractivity contribution in [2.24, 2.45) is 0 Å². The zero-order chi connectivity index (χ0) is 13.9. The van der Waals surface area contributed by atoms with E-state index in [9.17, 15) is 8.42 Å². The Morgan fingerprint density at radius 1 is 1.37 bits per heavy atom. The van der Waals surface area contributed by atoms with Gasteiger partial charge >= 0.3 is 0 Å². The summed E-state index contributed by atoms with van der Waals surface area (Å²) in [4.78, 5) is 8.07. The summed E-state index contributed by atoms with van der Waals surface area (Å²) in [6.07, 6.45) is 5.58. The Labute approximate surface area is 112 Å². The predicted octanol–water partition coefficient (Wildman–Crippen LogP) is 0.184. The van der Waals surface area contributed by atoms with Crippen LogP contribution in [0.2, 0.25) is 0 Å². The van der Waals surface area contributed by atoms with Crippen LogP contribution < -0.4 is 5.32 Å². The van der Waals surface area contributed by atoms with Crippen molar-refractivity contribution in [1.29, 1.82) is 5.26 Å². The molecule has 0 saturated carbocycles. The van der Waals surface area contributed by atoms with E-state index in [1.54, 1.807) is 0 Å². The number of piperidine rings is 1. The van der Waals surface area contributed by atoms with Gasteiger partial charge in [0.05, 0.1) is 24.2 Å². The molecular weight excluding hydrogens is 266 g/mol. The van der Waals surface area contributed by atoms with E-state index in [0.29, 0.717) is 24.6 Å². The van der Waals surface area contributed by atoms with Crippen molar-refractivity contribution >= 4 is 16.0 Å². The van der Waals surface area contributed by atoms with Gasteiger partial charge in [0.1, 0.15) is 6.07 Å². The molecule has 0 unspecified atom stereocenters. The van der Waals surface area contributed by atoms with Gasteiger partial charge in [-0.3, -0.25) is 0 Å². The summed E-state index contributed by atoms with van der Waals surface area (Å²) in [5, 5.41) is 11.8. The van der Waals surface area contributed by atoms with Crippen LogP contribution in [-0.4, -0.2) is 48.1 Å². The molecule has 1 fully saturated rings. The molecule has 0 atom stereocenters. The number of nitriles is 1. The van der Waals surface area contributed by atoms with Crippen molar-refractivity contribution in [1.82, 2.24) is 14.3 Å². The molecule has 0 spiro atoms. The van der Waals surface area contributed by atoms with Gasteiger partial charge in [-0.1, -0.05) is 0 Å². The summed E-state index contributed by atoms with van der Waals surface area (Å²) < 4.78 is 24.2. The quantitative estimate of drug-likeness (QED) is 0.848. The molecule has 0 radical (unpaired) electrons. The molecule has 1 saturated heterocycles. The molecule has 7 nitrogen and oxygen atoms in total.